The molecule has 21 N–H and O–H groups in total. The topological polar surface area (TPSA) is 490 Å². The molecule has 0 unspecified atom stereocenters. The Labute approximate surface area is 509 Å². The van der Waals surface area contributed by atoms with E-state index in [0.29, 0.717) is 69.0 Å². The molecule has 9 amide bonds. The van der Waals surface area contributed by atoms with Crippen molar-refractivity contribution in [1.29, 1.82) is 0 Å². The summed E-state index contributed by atoms with van der Waals surface area (Å²) in [5.41, 5.74) is 35.5. The van der Waals surface area contributed by atoms with Gasteiger partial charge in [0, 0.05) is 62.7 Å². The molecule has 0 spiro atoms. The molecule has 9 atom stereocenters. The van der Waals surface area contributed by atoms with Crippen LogP contribution >= 0.6 is 0 Å². The number of carbonyl (C=O) groups is 10. The minimum atomic E-state index is -1.63. The number of nitrogens with one attached hydrogen (secondary N) is 7. The highest BCUT2D eigenvalue weighted by atomic mass is 16.4. The SMILES string of the molecule is NCCCC[C@H](N)C(=O)N[C@@H](CCCN=C(N)N)C(=O)N1CCC[C@H]1C(=O)N1CCC[C@H]1C(=O)NCC(=O)N[C@@H](Cc1c[nH]c2ccccc12)C(=O)N[C@@H](CO)C(=O)N1CCC[C@H]1C(=O)N[C@@H](Cc1ccccc1)C(=O)N[C@@H](CCCN=C(N)N)C(=O)O. The first-order valence-electron chi connectivity index (χ1n) is 29.9. The molecule has 3 aliphatic rings. The number of aromatic amines is 1. The van der Waals surface area contributed by atoms with Crippen molar-refractivity contribution in [3.63, 3.8) is 0 Å². The number of hydrogen-bond donors (Lipinski definition) is 15. The lowest BCUT2D eigenvalue weighted by molar-refractivity contribution is -0.148. The predicted molar refractivity (Wildman–Crippen MR) is 324 cm³/mol. The smallest absolute Gasteiger partial charge is 0.326 e. The zero-order chi connectivity index (χ0) is 63.9. The number of amides is 9. The van der Waals surface area contributed by atoms with E-state index in [2.05, 4.69) is 46.9 Å². The molecule has 30 heteroatoms. The van der Waals surface area contributed by atoms with Gasteiger partial charge in [0.1, 0.15) is 48.3 Å². The van der Waals surface area contributed by atoms with E-state index in [-0.39, 0.29) is 89.6 Å². The van der Waals surface area contributed by atoms with Crippen molar-refractivity contribution in [3.05, 3.63) is 71.9 Å². The number of fused-ring (bicyclic) bond motifs is 1. The molecule has 0 radical (unpaired) electrons. The number of aliphatic carboxylic acids is 1. The van der Waals surface area contributed by atoms with Crippen molar-refractivity contribution in [3.8, 4) is 0 Å². The molecule has 0 bridgehead atoms. The van der Waals surface area contributed by atoms with E-state index in [1.807, 2.05) is 6.07 Å². The van der Waals surface area contributed by atoms with Gasteiger partial charge >= 0.3 is 5.97 Å². The molecular formula is C58H86N18O12. The van der Waals surface area contributed by atoms with Crippen LogP contribution in [0.15, 0.2) is 70.8 Å². The third-order valence-electron chi connectivity index (χ3n) is 15.8. The van der Waals surface area contributed by atoms with E-state index >= 15 is 0 Å². The van der Waals surface area contributed by atoms with Crippen molar-refractivity contribution in [1.82, 2.24) is 51.6 Å². The van der Waals surface area contributed by atoms with Gasteiger partial charge in [-0.05, 0) is 101 Å². The normalized spacial score (nSPS) is 18.4. The fraction of sp³-hybridized carbons (Fsp3) is 0.552. The monoisotopic (exact) mass is 1230 g/mol. The second kappa shape index (κ2) is 33.9. The first kappa shape index (κ1) is 68.2. The Morgan fingerprint density at radius 3 is 1.76 bits per heavy atom. The number of hydrogen-bond acceptors (Lipinski definition) is 15. The molecule has 0 aliphatic carbocycles. The number of aliphatic hydroxyl groups is 1. The summed E-state index contributed by atoms with van der Waals surface area (Å²) in [7, 11) is 0. The number of aliphatic imine (C=N–C) groups is 2. The molecule has 0 saturated carbocycles. The summed E-state index contributed by atoms with van der Waals surface area (Å²) in [6, 6.07) is 5.05. The fourth-order valence-corrected chi connectivity index (χ4v) is 11.2. The fourth-order valence-electron chi connectivity index (χ4n) is 11.2. The number of likely N-dealkylation sites (tertiary alicyclic amines) is 3. The van der Waals surface area contributed by atoms with Crippen LogP contribution in [-0.2, 0) is 60.8 Å². The minimum absolute atomic E-state index is 0.0288. The standard InChI is InChI=1S/C58H86N18O12/c59-23-7-6-16-37(60)48(79)70-39(18-8-24-65-57(61)62)53(84)76-28-12-22-46(76)55(86)75-27-10-20-44(75)51(82)68-32-47(78)69-42(30-35-31-67-38-17-5-4-15-36(35)38)50(81)73-43(33-77)54(85)74-26-11-21-45(74)52(83)72-41(29-34-13-2-1-3-14-34)49(80)71-40(56(87)88)19-9-25-66-58(63)64/h1-5,13-15,17,31,37,39-46,67,77H,6-12,16,18-30,32-33,59-60H2,(H,68,82)(H,69,78)(H,70,79)(H,71,80)(H,72,83)(H,73,81)(H,87,88)(H4,61,62,65)(H4,63,64,66)/t37-,39-,40-,41-,42-,43-,44-,45-,46-/m0/s1. The summed E-state index contributed by atoms with van der Waals surface area (Å²) in [5, 5.41) is 37.1. The number of nitrogens with two attached hydrogens (primary N) is 6. The zero-order valence-electron chi connectivity index (χ0n) is 49.4. The van der Waals surface area contributed by atoms with Crippen molar-refractivity contribution >= 4 is 82.0 Å². The number of guanidine groups is 2. The number of nitrogens with zero attached hydrogens (tertiary/aromatic N) is 5. The Morgan fingerprint density at radius 2 is 1.14 bits per heavy atom. The Kier molecular flexibility index (Phi) is 26.2. The van der Waals surface area contributed by atoms with E-state index in [1.165, 1.54) is 14.7 Å². The molecule has 480 valence electrons. The van der Waals surface area contributed by atoms with Crippen LogP contribution in [0.5, 0.6) is 0 Å². The van der Waals surface area contributed by atoms with E-state index < -0.39 is 127 Å². The molecule has 1 aromatic heterocycles. The summed E-state index contributed by atoms with van der Waals surface area (Å²) in [6.45, 7) is -0.430. The number of H-pyrrole nitrogens is 1. The van der Waals surface area contributed by atoms with Gasteiger partial charge in [0.2, 0.25) is 53.2 Å². The summed E-state index contributed by atoms with van der Waals surface area (Å²) in [6.07, 6.45) is 5.65. The zero-order valence-corrected chi connectivity index (χ0v) is 49.4. The Hall–Kier alpha value is -8.90. The van der Waals surface area contributed by atoms with E-state index in [9.17, 15) is 58.2 Å². The number of carboxylic acid groups (broad SMARTS) is 1. The van der Waals surface area contributed by atoms with Crippen LogP contribution in [0.1, 0.15) is 94.6 Å². The van der Waals surface area contributed by atoms with Crippen molar-refractivity contribution in [2.45, 2.75) is 151 Å². The van der Waals surface area contributed by atoms with Gasteiger partial charge in [0.25, 0.3) is 0 Å². The van der Waals surface area contributed by atoms with E-state index in [0.717, 1.165) is 10.9 Å². The molecule has 3 aromatic rings. The molecule has 3 saturated heterocycles. The molecule has 88 heavy (non-hydrogen) atoms. The summed E-state index contributed by atoms with van der Waals surface area (Å²) in [4.78, 5) is 154. The number of carboxylic acids is 1. The van der Waals surface area contributed by atoms with Gasteiger partial charge in [-0.25, -0.2) is 4.79 Å². The molecule has 6 rings (SSSR count). The molecule has 4 heterocycles. The van der Waals surface area contributed by atoms with E-state index in [4.69, 9.17) is 34.4 Å². The van der Waals surface area contributed by atoms with Gasteiger partial charge in [-0.1, -0.05) is 55.0 Å². The van der Waals surface area contributed by atoms with Gasteiger partial charge < -0.3 is 96.2 Å². The lowest BCUT2D eigenvalue weighted by Crippen LogP contribution is -2.60. The highest BCUT2D eigenvalue weighted by molar-refractivity contribution is 5.99. The van der Waals surface area contributed by atoms with Crippen LogP contribution in [-0.4, -0.2) is 208 Å². The maximum atomic E-state index is 14.4. The van der Waals surface area contributed by atoms with Crippen LogP contribution in [0, 0.1) is 0 Å². The number of unbranched alkanes of at least 4 members (excludes halogenated alkanes) is 1. The second-order valence-corrected chi connectivity index (χ2v) is 22.2. The Bertz CT molecular complexity index is 2970. The van der Waals surface area contributed by atoms with Crippen molar-refractivity contribution < 1.29 is 58.2 Å². The lowest BCUT2D eigenvalue weighted by Gasteiger charge is -2.33. The van der Waals surface area contributed by atoms with Crippen LogP contribution in [0.25, 0.3) is 10.9 Å². The lowest BCUT2D eigenvalue weighted by atomic mass is 10.0. The molecular weight excluding hydrogens is 1140 g/mol. The Morgan fingerprint density at radius 1 is 0.591 bits per heavy atom. The summed E-state index contributed by atoms with van der Waals surface area (Å²) in [5.74, 6) is -7.91. The van der Waals surface area contributed by atoms with Crippen LogP contribution in [0.4, 0.5) is 0 Å². The molecule has 3 fully saturated rings. The van der Waals surface area contributed by atoms with Crippen molar-refractivity contribution in [2.24, 2.45) is 44.4 Å². The first-order chi connectivity index (χ1) is 42.2. The average Bonchev–Trinajstić information content (AvgIpc) is 4.21. The molecule has 3 aliphatic heterocycles. The average molecular weight is 1230 g/mol. The second-order valence-electron chi connectivity index (χ2n) is 22.2. The third-order valence-corrected chi connectivity index (χ3v) is 15.8. The number of carbonyl (C=O) groups excluding carboxylic acids is 9. The largest absolute Gasteiger partial charge is 0.480 e. The maximum absolute atomic E-state index is 14.4. The van der Waals surface area contributed by atoms with Gasteiger partial charge in [-0.3, -0.25) is 53.1 Å². The minimum Gasteiger partial charge on any atom is -0.480 e. The summed E-state index contributed by atoms with van der Waals surface area (Å²) < 4.78 is 0. The van der Waals surface area contributed by atoms with Gasteiger partial charge in [-0.2, -0.15) is 0 Å². The van der Waals surface area contributed by atoms with E-state index in [1.54, 1.807) is 54.7 Å². The number of aliphatic hydroxyl groups excluding tert-OH is 1. The number of para-hydroxylation sites is 1. The van der Waals surface area contributed by atoms with Crippen molar-refractivity contribution in [2.75, 3.05) is 52.4 Å². The molecule has 30 nitrogen and oxygen atoms in total. The quantitative estimate of drug-likeness (QED) is 0.0157. The maximum Gasteiger partial charge on any atom is 0.326 e. The highest BCUT2D eigenvalue weighted by Crippen LogP contribution is 2.27. The van der Waals surface area contributed by atoms with Crippen LogP contribution in [0.3, 0.4) is 0 Å². The van der Waals surface area contributed by atoms with Crippen LogP contribution in [0.2, 0.25) is 0 Å². The molecule has 2 aromatic carbocycles. The first-order valence-corrected chi connectivity index (χ1v) is 29.9. The van der Waals surface area contributed by atoms with Gasteiger partial charge in [0.15, 0.2) is 11.9 Å². The Balaban J connectivity index is 1.11. The number of benzene rings is 2. The number of rotatable bonds is 33. The van der Waals surface area contributed by atoms with Gasteiger partial charge in [0.05, 0.1) is 19.2 Å². The number of aromatic nitrogens is 1. The highest BCUT2D eigenvalue weighted by Gasteiger charge is 2.45. The predicted octanol–water partition coefficient (Wildman–Crippen LogP) is -3.89. The van der Waals surface area contributed by atoms with Gasteiger partial charge in [-0.15, -0.1) is 0 Å². The summed E-state index contributed by atoms with van der Waals surface area (Å²) >= 11 is 0. The van der Waals surface area contributed by atoms with Crippen LogP contribution < -0.4 is 66.3 Å². The third kappa shape index (κ3) is 19.6.